The van der Waals surface area contributed by atoms with Gasteiger partial charge in [0.05, 0.1) is 43.4 Å². The molecule has 18 heteroatoms. The number of hydrogen-bond donors (Lipinski definition) is 5. The van der Waals surface area contributed by atoms with Gasteiger partial charge in [-0.15, -0.1) is 0 Å². The molecule has 0 saturated carbocycles. The summed E-state index contributed by atoms with van der Waals surface area (Å²) >= 11 is 0. The van der Waals surface area contributed by atoms with E-state index in [2.05, 4.69) is 95.0 Å². The first kappa shape index (κ1) is 79.2. The molecule has 500 valence electrons. The van der Waals surface area contributed by atoms with Crippen molar-refractivity contribution in [3.05, 3.63) is 118 Å². The predicted octanol–water partition coefficient (Wildman–Crippen LogP) is 11.2. The average molecular weight is 1260 g/mol. The van der Waals surface area contributed by atoms with Crippen LogP contribution >= 0.6 is 0 Å². The van der Waals surface area contributed by atoms with E-state index in [1.807, 2.05) is 77.1 Å². The van der Waals surface area contributed by atoms with Crippen LogP contribution < -0.4 is 36.2 Å². The molecule has 0 aliphatic rings. The maximum absolute atomic E-state index is 13.9. The SMILES string of the molecule is CC.CC.CCc1c(CC(C)C)c(/C(C)=C/C(=C(/CCCC=O)C(C)=O)C(C)C)nc2ccc(OCCOCNC(=O)CNC(=O)C(Cc3ccccc3)NC(=O)CNC(=O)CNC(=O)CCc3cccc(N(C)C(=O)C(CC=O)C(CC)(CC)C(C)C)c3)cc12. The summed E-state index contributed by atoms with van der Waals surface area (Å²) in [5.74, 6) is -2.22. The summed E-state index contributed by atoms with van der Waals surface area (Å²) in [6, 6.07) is 21.0. The molecular formula is C73H107N7O11. The molecule has 2 unspecified atom stereocenters. The number of benzene rings is 3. The normalized spacial score (nSPS) is 12.3. The second-order valence-corrected chi connectivity index (χ2v) is 23.3. The Morgan fingerprint density at radius 1 is 0.681 bits per heavy atom. The van der Waals surface area contributed by atoms with Gasteiger partial charge >= 0.3 is 0 Å². The number of unbranched alkanes of at least 4 members (excludes halogenated alkanes) is 1. The van der Waals surface area contributed by atoms with Crippen molar-refractivity contribution >= 4 is 76.0 Å². The van der Waals surface area contributed by atoms with Crippen molar-refractivity contribution in [2.75, 3.05) is 51.5 Å². The summed E-state index contributed by atoms with van der Waals surface area (Å²) in [4.78, 5) is 121. The first-order valence-electron chi connectivity index (χ1n) is 32.8. The Labute approximate surface area is 542 Å². The zero-order chi connectivity index (χ0) is 68.2. The molecule has 6 amide bonds. The van der Waals surface area contributed by atoms with E-state index < -0.39 is 61.1 Å². The molecule has 0 spiro atoms. The number of fused-ring (bicyclic) bond motifs is 1. The lowest BCUT2D eigenvalue weighted by Gasteiger charge is -2.43. The summed E-state index contributed by atoms with van der Waals surface area (Å²) in [6.07, 6.45) is 9.04. The number of ketones is 1. The standard InChI is InChI=1S/C69H95N7O11.2C2H6/c1-13-54-57-40-53(28-29-60(57)75-66(58(54)36-45(4)5)48(10)37-56(46(6)7)55(49(11)79)26-19-20-32-77)87-35-34-86-44-73-64(82)42-72-67(84)61(39-50-22-17-16-18-23-50)74-65(83)43-71-63(81)41-70-62(80)30-27-51-24-21-25-52(38-51)76(12)68(85)59(31-33-78)69(14-2,15-3)47(8)9;2*1-2/h16-18,21-25,28-29,32-33,37-38,40,45-47,59,61H,13-15,19-20,26-27,30-31,34-36,39,41-44H2,1-12H3,(H,70,80)(H,71,81)(H,72,84)(H,73,82)(H,74,83);2*1-2H3/b48-37+,56-55+;;. The number of Topliss-reactive ketones (excluding diaryl/α,β-unsaturated/α-hetero) is 1. The molecule has 0 radical (unpaired) electrons. The van der Waals surface area contributed by atoms with Crippen LogP contribution in [0.2, 0.25) is 0 Å². The van der Waals surface area contributed by atoms with E-state index in [1.165, 1.54) is 5.56 Å². The smallest absolute Gasteiger partial charge is 0.243 e. The first-order chi connectivity index (χ1) is 43.5. The molecule has 91 heavy (non-hydrogen) atoms. The van der Waals surface area contributed by atoms with E-state index in [9.17, 15) is 43.2 Å². The van der Waals surface area contributed by atoms with Gasteiger partial charge in [0.15, 0.2) is 5.78 Å². The maximum Gasteiger partial charge on any atom is 0.243 e. The number of aromatic nitrogens is 1. The summed E-state index contributed by atoms with van der Waals surface area (Å²) in [5.41, 5.74) is 8.57. The number of nitrogens with one attached hydrogen (secondary N) is 5. The number of amides is 6. The Morgan fingerprint density at radius 2 is 1.32 bits per heavy atom. The highest BCUT2D eigenvalue weighted by atomic mass is 16.5. The molecule has 1 heterocycles. The minimum Gasteiger partial charge on any atom is -0.491 e. The van der Waals surface area contributed by atoms with Crippen molar-refractivity contribution in [1.82, 2.24) is 31.6 Å². The van der Waals surface area contributed by atoms with E-state index in [0.717, 1.165) is 88.3 Å². The molecule has 0 saturated heterocycles. The van der Waals surface area contributed by atoms with Gasteiger partial charge in [0.25, 0.3) is 0 Å². The lowest BCUT2D eigenvalue weighted by atomic mass is 9.63. The monoisotopic (exact) mass is 1260 g/mol. The van der Waals surface area contributed by atoms with Gasteiger partial charge in [-0.1, -0.05) is 139 Å². The highest BCUT2D eigenvalue weighted by Crippen LogP contribution is 2.45. The van der Waals surface area contributed by atoms with Gasteiger partial charge in [-0.25, -0.2) is 4.98 Å². The number of anilines is 1. The molecule has 0 aliphatic carbocycles. The van der Waals surface area contributed by atoms with Gasteiger partial charge in [0.1, 0.15) is 37.7 Å². The zero-order valence-corrected chi connectivity index (χ0v) is 57.5. The van der Waals surface area contributed by atoms with E-state index in [-0.39, 0.29) is 68.1 Å². The fourth-order valence-corrected chi connectivity index (χ4v) is 11.4. The van der Waals surface area contributed by atoms with Gasteiger partial charge in [-0.2, -0.15) is 0 Å². The highest BCUT2D eigenvalue weighted by molar-refractivity contribution is 5.97. The summed E-state index contributed by atoms with van der Waals surface area (Å²) < 4.78 is 11.8. The number of carbonyl (C=O) groups excluding carboxylic acids is 9. The maximum atomic E-state index is 13.9. The molecular weight excluding hydrogens is 1150 g/mol. The first-order valence-corrected chi connectivity index (χ1v) is 32.8. The largest absolute Gasteiger partial charge is 0.491 e. The molecule has 1 aromatic heterocycles. The van der Waals surface area contributed by atoms with Gasteiger partial charge in [0.2, 0.25) is 35.4 Å². The van der Waals surface area contributed by atoms with Gasteiger partial charge in [0, 0.05) is 43.8 Å². The van der Waals surface area contributed by atoms with Crippen LogP contribution in [0.5, 0.6) is 5.75 Å². The molecule has 3 aromatic carbocycles. The van der Waals surface area contributed by atoms with Crippen molar-refractivity contribution in [2.24, 2.45) is 29.1 Å². The van der Waals surface area contributed by atoms with Crippen LogP contribution in [0.15, 0.2) is 90.0 Å². The average Bonchev–Trinajstić information content (AvgIpc) is 0.855. The van der Waals surface area contributed by atoms with Crippen LogP contribution in [0.3, 0.4) is 0 Å². The molecule has 18 nitrogen and oxygen atoms in total. The Bertz CT molecular complexity index is 3060. The predicted molar refractivity (Wildman–Crippen MR) is 364 cm³/mol. The number of carbonyl (C=O) groups is 9. The lowest BCUT2D eigenvalue weighted by molar-refractivity contribution is -0.131. The topological polar surface area (TPSA) is 248 Å². The Hall–Kier alpha value is -7.86. The van der Waals surface area contributed by atoms with Gasteiger partial charge < -0.3 is 50.5 Å². The molecule has 0 fully saturated rings. The van der Waals surface area contributed by atoms with Crippen LogP contribution in [-0.2, 0) is 73.6 Å². The summed E-state index contributed by atoms with van der Waals surface area (Å²) in [6.45, 7) is 29.5. The highest BCUT2D eigenvalue weighted by Gasteiger charge is 2.43. The second-order valence-electron chi connectivity index (χ2n) is 23.3. The molecule has 4 aromatic rings. The summed E-state index contributed by atoms with van der Waals surface area (Å²) in [7, 11) is 1.70. The molecule has 0 aliphatic heterocycles. The van der Waals surface area contributed by atoms with Crippen molar-refractivity contribution in [3.8, 4) is 5.75 Å². The van der Waals surface area contributed by atoms with Crippen LogP contribution in [0, 0.1) is 29.1 Å². The summed E-state index contributed by atoms with van der Waals surface area (Å²) in [5, 5.41) is 13.9. The van der Waals surface area contributed by atoms with E-state index in [1.54, 1.807) is 49.2 Å². The Balaban J connectivity index is 0.00000691. The van der Waals surface area contributed by atoms with E-state index in [4.69, 9.17) is 14.5 Å². The number of rotatable bonds is 38. The van der Waals surface area contributed by atoms with Crippen molar-refractivity contribution in [3.63, 3.8) is 0 Å². The number of allylic oxidation sites excluding steroid dienone is 4. The van der Waals surface area contributed by atoms with E-state index in [0.29, 0.717) is 43.0 Å². The molecule has 2 atom stereocenters. The molecule has 5 N–H and O–H groups in total. The quantitative estimate of drug-likeness (QED) is 0.00924. The molecule has 4 rings (SSSR count). The lowest BCUT2D eigenvalue weighted by Crippen LogP contribution is -2.52. The van der Waals surface area contributed by atoms with Crippen LogP contribution in [0.25, 0.3) is 16.5 Å². The van der Waals surface area contributed by atoms with Crippen LogP contribution in [0.4, 0.5) is 5.69 Å². The minimum absolute atomic E-state index is 0.00985. The third-order valence-corrected chi connectivity index (χ3v) is 16.2. The van der Waals surface area contributed by atoms with Crippen LogP contribution in [-0.4, -0.2) is 111 Å². The Morgan fingerprint density at radius 3 is 1.92 bits per heavy atom. The minimum atomic E-state index is -1.10. The van der Waals surface area contributed by atoms with Crippen molar-refractivity contribution in [1.29, 1.82) is 0 Å². The van der Waals surface area contributed by atoms with Gasteiger partial charge in [-0.3, -0.25) is 33.6 Å². The fraction of sp³-hybridized carbons (Fsp3) is 0.534. The van der Waals surface area contributed by atoms with E-state index >= 15 is 0 Å². The second kappa shape index (κ2) is 42.2. The van der Waals surface area contributed by atoms with Crippen molar-refractivity contribution in [2.45, 2.75) is 181 Å². The number of hydrogen-bond acceptors (Lipinski definition) is 12. The molecule has 0 bridgehead atoms. The third-order valence-electron chi connectivity index (χ3n) is 16.2. The van der Waals surface area contributed by atoms with Gasteiger partial charge in [-0.05, 0) is 151 Å². The third kappa shape index (κ3) is 25.4. The number of pyridine rings is 1. The Kier molecular flexibility index (Phi) is 36.8. The zero-order valence-electron chi connectivity index (χ0n) is 57.5. The van der Waals surface area contributed by atoms with Crippen molar-refractivity contribution < 1.29 is 52.6 Å². The fourth-order valence-electron chi connectivity index (χ4n) is 11.4. The number of nitrogens with zero attached hydrogens (tertiary/aromatic N) is 2. The number of aryl methyl sites for hydroxylation is 2. The number of ether oxygens (including phenoxy) is 2. The van der Waals surface area contributed by atoms with Crippen LogP contribution in [0.1, 0.15) is 177 Å². The number of aldehydes is 2.